The number of aliphatic hydroxyl groups excluding tert-OH is 1. The summed E-state index contributed by atoms with van der Waals surface area (Å²) in [7, 11) is 0. The van der Waals surface area contributed by atoms with Crippen LogP contribution in [0, 0.1) is 5.92 Å². The number of rotatable bonds is 7. The lowest BCUT2D eigenvalue weighted by atomic mass is 9.83. The van der Waals surface area contributed by atoms with Crippen LogP contribution in [0.5, 0.6) is 0 Å². The molecule has 0 aromatic carbocycles. The zero-order chi connectivity index (χ0) is 20.2. The predicted molar refractivity (Wildman–Crippen MR) is 116 cm³/mol. The molecule has 0 spiro atoms. The van der Waals surface area contributed by atoms with Crippen LogP contribution in [0.2, 0.25) is 0 Å². The monoisotopic (exact) mass is 412 g/mol. The number of amides is 1. The largest absolute Gasteiger partial charge is 0.393 e. The lowest BCUT2D eigenvalue weighted by molar-refractivity contribution is 0.0641. The average Bonchev–Trinajstić information content (AvgIpc) is 3.41. The highest BCUT2D eigenvalue weighted by molar-refractivity contribution is 7.13. The Hall–Kier alpha value is -2.25. The maximum Gasteiger partial charge on any atom is 0.252 e. The molecule has 7 heteroatoms. The molecule has 1 amide bonds. The second-order valence-electron chi connectivity index (χ2n) is 7.74. The van der Waals surface area contributed by atoms with Crippen molar-refractivity contribution in [3.8, 4) is 10.6 Å². The van der Waals surface area contributed by atoms with Crippen molar-refractivity contribution in [2.45, 2.75) is 58.1 Å². The van der Waals surface area contributed by atoms with Gasteiger partial charge in [-0.05, 0) is 56.0 Å². The topological polar surface area (TPSA) is 80.0 Å². The normalized spacial score (nSPS) is 19.5. The van der Waals surface area contributed by atoms with Gasteiger partial charge in [-0.15, -0.1) is 11.3 Å². The molecule has 1 aliphatic carbocycles. The van der Waals surface area contributed by atoms with Crippen molar-refractivity contribution in [3.05, 3.63) is 35.3 Å². The van der Waals surface area contributed by atoms with Crippen LogP contribution < -0.4 is 5.32 Å². The summed E-state index contributed by atoms with van der Waals surface area (Å²) >= 11 is 1.61. The Morgan fingerprint density at radius 2 is 2.24 bits per heavy atom. The van der Waals surface area contributed by atoms with E-state index in [2.05, 4.69) is 10.4 Å². The Morgan fingerprint density at radius 3 is 3.00 bits per heavy atom. The maximum atomic E-state index is 13.0. The third-order valence-corrected chi connectivity index (χ3v) is 6.73. The zero-order valence-corrected chi connectivity index (χ0v) is 17.6. The summed E-state index contributed by atoms with van der Waals surface area (Å²) in [5, 5.41) is 20.4. The third kappa shape index (κ3) is 4.36. The Labute approximate surface area is 175 Å². The van der Waals surface area contributed by atoms with Crippen molar-refractivity contribution in [2.75, 3.05) is 6.54 Å². The van der Waals surface area contributed by atoms with Gasteiger partial charge < -0.3 is 10.4 Å². The van der Waals surface area contributed by atoms with Gasteiger partial charge in [-0.25, -0.2) is 9.67 Å². The molecular weight excluding hydrogens is 384 g/mol. The van der Waals surface area contributed by atoms with Crippen LogP contribution >= 0.6 is 11.3 Å². The molecule has 3 aromatic rings. The first-order chi connectivity index (χ1) is 14.2. The fourth-order valence-electron chi connectivity index (χ4n) is 4.20. The van der Waals surface area contributed by atoms with E-state index in [-0.39, 0.29) is 12.0 Å². The van der Waals surface area contributed by atoms with Crippen molar-refractivity contribution in [1.82, 2.24) is 20.1 Å². The van der Waals surface area contributed by atoms with Crippen LogP contribution in [-0.2, 0) is 6.54 Å². The second-order valence-corrected chi connectivity index (χ2v) is 8.69. The van der Waals surface area contributed by atoms with Gasteiger partial charge in [-0.3, -0.25) is 4.79 Å². The van der Waals surface area contributed by atoms with E-state index in [1.165, 1.54) is 6.42 Å². The summed E-state index contributed by atoms with van der Waals surface area (Å²) in [6.07, 6.45) is 7.75. The molecule has 0 aliphatic heterocycles. The summed E-state index contributed by atoms with van der Waals surface area (Å²) in [4.78, 5) is 18.8. The van der Waals surface area contributed by atoms with Gasteiger partial charge in [0.25, 0.3) is 5.91 Å². The molecule has 6 nitrogen and oxygen atoms in total. The van der Waals surface area contributed by atoms with E-state index in [0.29, 0.717) is 24.6 Å². The molecular formula is C22H28N4O2S. The number of carbonyl (C=O) groups excluding carboxylic acids is 1. The molecule has 0 saturated heterocycles. The lowest BCUT2D eigenvalue weighted by Crippen LogP contribution is -2.28. The minimum Gasteiger partial charge on any atom is -0.393 e. The van der Waals surface area contributed by atoms with Crippen molar-refractivity contribution >= 4 is 28.3 Å². The average molecular weight is 413 g/mol. The van der Waals surface area contributed by atoms with Gasteiger partial charge in [0.2, 0.25) is 0 Å². The summed E-state index contributed by atoms with van der Waals surface area (Å²) in [5.41, 5.74) is 2.17. The highest BCUT2D eigenvalue weighted by atomic mass is 32.1. The molecule has 2 N–H and O–H groups in total. The molecule has 1 fully saturated rings. The Bertz CT molecular complexity index is 967. The third-order valence-electron chi connectivity index (χ3n) is 5.83. The SMILES string of the molecule is CCn1ncc2c(C(=O)NCCC[C@H]3CCCC[C@@H]3O)cc(-c3cccs3)nc21. The molecule has 0 bridgehead atoms. The standard InChI is InChI=1S/C22H28N4O2S/c1-2-26-21-17(14-24-26)16(13-18(25-21)20-10-6-12-29-20)22(28)23-11-5-8-15-7-3-4-9-19(15)27/h6,10,12-15,19,27H,2-5,7-9,11H2,1H3,(H,23,28)/t15-,19+/m1/s1. The summed E-state index contributed by atoms with van der Waals surface area (Å²) in [6, 6.07) is 5.88. The number of pyridine rings is 1. The number of nitrogens with zero attached hydrogens (tertiary/aromatic N) is 3. The Kier molecular flexibility index (Phi) is 6.25. The summed E-state index contributed by atoms with van der Waals surface area (Å²) in [6.45, 7) is 3.34. The maximum absolute atomic E-state index is 13.0. The number of thiophene rings is 1. The van der Waals surface area contributed by atoms with Gasteiger partial charge >= 0.3 is 0 Å². The highest BCUT2D eigenvalue weighted by Crippen LogP contribution is 2.29. The Balaban J connectivity index is 1.48. The first kappa shape index (κ1) is 20.0. The van der Waals surface area contributed by atoms with E-state index < -0.39 is 0 Å². The lowest BCUT2D eigenvalue weighted by Gasteiger charge is -2.27. The van der Waals surface area contributed by atoms with Crippen LogP contribution in [0.4, 0.5) is 0 Å². The minimum absolute atomic E-state index is 0.0879. The fourth-order valence-corrected chi connectivity index (χ4v) is 4.89. The number of nitrogens with one attached hydrogen (secondary N) is 1. The van der Waals surface area contributed by atoms with E-state index in [1.54, 1.807) is 17.5 Å². The predicted octanol–water partition coefficient (Wildman–Crippen LogP) is 4.24. The van der Waals surface area contributed by atoms with Crippen LogP contribution in [-0.4, -0.2) is 38.4 Å². The molecule has 2 atom stereocenters. The number of hydrogen-bond acceptors (Lipinski definition) is 5. The van der Waals surface area contributed by atoms with Crippen LogP contribution in [0.15, 0.2) is 29.8 Å². The van der Waals surface area contributed by atoms with Crippen molar-refractivity contribution in [1.29, 1.82) is 0 Å². The van der Waals surface area contributed by atoms with E-state index in [4.69, 9.17) is 4.98 Å². The molecule has 0 unspecified atom stereocenters. The molecule has 29 heavy (non-hydrogen) atoms. The highest BCUT2D eigenvalue weighted by Gasteiger charge is 2.22. The first-order valence-corrected chi connectivity index (χ1v) is 11.4. The second kappa shape index (κ2) is 9.05. The molecule has 1 aliphatic rings. The van der Waals surface area contributed by atoms with Gasteiger partial charge in [0, 0.05) is 13.1 Å². The number of carbonyl (C=O) groups is 1. The first-order valence-electron chi connectivity index (χ1n) is 10.5. The number of hydrogen-bond donors (Lipinski definition) is 2. The van der Waals surface area contributed by atoms with Gasteiger partial charge in [-0.2, -0.15) is 5.10 Å². The minimum atomic E-state index is -0.174. The quantitative estimate of drug-likeness (QED) is 0.569. The van der Waals surface area contributed by atoms with Gasteiger partial charge in [0.05, 0.1) is 33.8 Å². The van der Waals surface area contributed by atoms with E-state index in [1.807, 2.05) is 35.2 Å². The zero-order valence-electron chi connectivity index (χ0n) is 16.8. The number of aryl methyl sites for hydroxylation is 1. The molecule has 3 heterocycles. The van der Waals surface area contributed by atoms with E-state index >= 15 is 0 Å². The van der Waals surface area contributed by atoms with E-state index in [9.17, 15) is 9.90 Å². The van der Waals surface area contributed by atoms with Crippen molar-refractivity contribution < 1.29 is 9.90 Å². The molecule has 0 radical (unpaired) electrons. The summed E-state index contributed by atoms with van der Waals surface area (Å²) < 4.78 is 1.83. The van der Waals surface area contributed by atoms with Gasteiger partial charge in [0.1, 0.15) is 0 Å². The molecule has 3 aromatic heterocycles. The van der Waals surface area contributed by atoms with Gasteiger partial charge in [-0.1, -0.05) is 18.9 Å². The van der Waals surface area contributed by atoms with Crippen LogP contribution in [0.3, 0.4) is 0 Å². The molecule has 1 saturated carbocycles. The van der Waals surface area contributed by atoms with E-state index in [0.717, 1.165) is 53.7 Å². The number of fused-ring (bicyclic) bond motifs is 1. The van der Waals surface area contributed by atoms with Gasteiger partial charge in [0.15, 0.2) is 5.65 Å². The van der Waals surface area contributed by atoms with Crippen LogP contribution in [0.25, 0.3) is 21.6 Å². The van der Waals surface area contributed by atoms with Crippen LogP contribution in [0.1, 0.15) is 55.8 Å². The molecule has 4 rings (SSSR count). The van der Waals surface area contributed by atoms with Crippen molar-refractivity contribution in [2.24, 2.45) is 5.92 Å². The number of aromatic nitrogens is 3. The number of aliphatic hydroxyl groups is 1. The molecule has 154 valence electrons. The fraction of sp³-hybridized carbons (Fsp3) is 0.500. The Morgan fingerprint density at radius 1 is 1.38 bits per heavy atom. The summed E-state index contributed by atoms with van der Waals surface area (Å²) in [5.74, 6) is 0.288. The smallest absolute Gasteiger partial charge is 0.252 e. The van der Waals surface area contributed by atoms with Crippen molar-refractivity contribution in [3.63, 3.8) is 0 Å².